The molecule has 4 aliphatic heterocycles. The maximum absolute atomic E-state index is 11.8. The standard InChI is InChI=1S/2C22H12N4O8.4C5H9NO.2C2H3N.2Ag.2BF4/c2*27-21(28)11-3-1-5-13-19(11)33-17-9-24-8-16(26-17)32-14-6-2-4-12(22(29)30)20(14)34-18-10-23-7-15(25-18)31-13;4*1-6-4-2-3-5(6)7;2*1-2-3;;;2*2-1(3,4)5/h2*1-10H,(H,27,28)(H,29,30);4*2-4H2,1H3;2*1H3;;;;/q;;;;;;;;2*+1;2*-1. The van der Waals surface area contributed by atoms with E-state index in [1.165, 1.54) is 136 Å². The molecular formula is C68H66Ag2B2F8N14O20. The molecule has 14 rings (SSSR count). The van der Waals surface area contributed by atoms with E-state index in [1.807, 2.05) is 28.2 Å². The molecule has 0 saturated carbocycles. The van der Waals surface area contributed by atoms with Crippen LogP contribution in [0.1, 0.15) is 107 Å². The average molecular weight is 1790 g/mol. The van der Waals surface area contributed by atoms with Gasteiger partial charge in [-0.15, -0.1) is 0 Å². The van der Waals surface area contributed by atoms with E-state index >= 15 is 0 Å². The zero-order valence-corrected chi connectivity index (χ0v) is 63.4. The molecule has 10 aromatic rings. The number of hydrogen-bond acceptors (Lipinski definition) is 26. The van der Waals surface area contributed by atoms with Gasteiger partial charge in [-0.2, -0.15) is 30.5 Å². The first-order chi connectivity index (χ1) is 53.0. The van der Waals surface area contributed by atoms with Crippen molar-refractivity contribution in [2.45, 2.75) is 65.2 Å². The number of carbonyl (C=O) groups excluding carboxylic acids is 4. The monoisotopic (exact) mass is 1790 g/mol. The number of carboxylic acids is 4. The van der Waals surface area contributed by atoms with Crippen molar-refractivity contribution in [3.8, 4) is 12.1 Å². The van der Waals surface area contributed by atoms with Crippen LogP contribution < -0.4 is 0 Å². The van der Waals surface area contributed by atoms with Gasteiger partial charge in [0.25, 0.3) is 0 Å². The van der Waals surface area contributed by atoms with Crippen LogP contribution in [0.2, 0.25) is 0 Å². The number of nitriles is 2. The second-order valence-electron chi connectivity index (χ2n) is 22.5. The molecule has 4 fully saturated rings. The van der Waals surface area contributed by atoms with Crippen molar-refractivity contribution in [3.63, 3.8) is 0 Å². The molecule has 4 amide bonds. The van der Waals surface area contributed by atoms with Crippen LogP contribution in [0.5, 0.6) is 0 Å². The third-order valence-electron chi connectivity index (χ3n) is 14.1. The first-order valence-corrected chi connectivity index (χ1v) is 32.5. The number of amides is 4. The van der Waals surface area contributed by atoms with E-state index in [2.05, 4.69) is 39.9 Å². The number of aromatic carboxylic acids is 4. The molecule has 4 N–H and O–H groups in total. The van der Waals surface area contributed by atoms with Crippen molar-refractivity contribution < 1.29 is 173 Å². The van der Waals surface area contributed by atoms with Crippen LogP contribution in [0, 0.1) is 22.7 Å². The number of nitrogens with zero attached hydrogens (tertiary/aromatic N) is 14. The van der Waals surface area contributed by atoms with Gasteiger partial charge in [0.15, 0.2) is 44.7 Å². The molecule has 114 heavy (non-hydrogen) atoms. The van der Waals surface area contributed by atoms with Crippen molar-refractivity contribution in [2.24, 2.45) is 0 Å². The molecule has 6 aromatic heterocycles. The Hall–Kier alpha value is -12.6. The number of carbonyl (C=O) groups is 8. The van der Waals surface area contributed by atoms with Crippen LogP contribution in [-0.4, -0.2) is 196 Å². The van der Waals surface area contributed by atoms with Gasteiger partial charge in [-0.3, -0.25) is 39.1 Å². The average Bonchev–Trinajstić information content (AvgIpc) is 0.940. The van der Waals surface area contributed by atoms with E-state index in [1.54, 1.807) is 31.7 Å². The van der Waals surface area contributed by atoms with E-state index < -0.39 is 38.4 Å². The fourth-order valence-corrected chi connectivity index (χ4v) is 9.20. The van der Waals surface area contributed by atoms with Gasteiger partial charge in [0.1, 0.15) is 22.3 Å². The van der Waals surface area contributed by atoms with Crippen molar-refractivity contribution in [1.29, 1.82) is 10.5 Å². The summed E-state index contributed by atoms with van der Waals surface area (Å²) in [6.45, 7) is 6.69. The van der Waals surface area contributed by atoms with E-state index in [4.69, 9.17) is 45.9 Å². The van der Waals surface area contributed by atoms with Gasteiger partial charge < -0.3 is 110 Å². The number of rotatable bonds is 4. The Balaban J connectivity index is 0.000000383. The molecule has 612 valence electrons. The predicted octanol–water partition coefficient (Wildman–Crippen LogP) is 13.5. The fourth-order valence-electron chi connectivity index (χ4n) is 9.20. The first kappa shape index (κ1) is 95.6. The molecule has 34 nitrogen and oxygen atoms in total. The van der Waals surface area contributed by atoms with Crippen LogP contribution in [0.4, 0.5) is 34.5 Å². The van der Waals surface area contributed by atoms with E-state index in [-0.39, 0.29) is 157 Å². The molecular weight excluding hydrogens is 1720 g/mol. The number of likely N-dealkylation sites (tertiary alicyclic amines) is 4. The number of carboxylic acid groups (broad SMARTS) is 4. The van der Waals surface area contributed by atoms with E-state index in [0.29, 0.717) is 23.6 Å². The normalized spacial score (nSPS) is 12.9. The predicted molar refractivity (Wildman–Crippen MR) is 380 cm³/mol. The van der Waals surface area contributed by atoms with Gasteiger partial charge in [-0.25, -0.2) is 19.2 Å². The molecule has 46 heteroatoms. The van der Waals surface area contributed by atoms with Gasteiger partial charge in [0.05, 0.1) is 61.7 Å². The third-order valence-corrected chi connectivity index (χ3v) is 14.1. The first-order valence-electron chi connectivity index (χ1n) is 32.5. The SMILES string of the molecule is CC#N.CC#N.CN1CCCC1=O.CN1CCCC1=O.CN1CCCC1=O.CN1CCCC1=O.F[B-](F)(F)F.F[B-](F)(F)F.O=C(O)c1cccc2oc3cncc(n3)oc3c(C(=O)O)cccc3oc3cncc(n3)oc12.O=C(O)c1cccc2oc3cncc(n3)oc3c(C(=O)O)cccc3oc3cncc(n3)oc12.[Ag+].[Ag+]. The fraction of sp³-hybridized carbons (Fsp3) is 0.265. The quantitative estimate of drug-likeness (QED) is 0.0939. The molecule has 0 aliphatic carbocycles. The van der Waals surface area contributed by atoms with E-state index in [0.717, 1.165) is 77.5 Å². The van der Waals surface area contributed by atoms with Gasteiger partial charge in [-0.05, 0) is 74.2 Å². The van der Waals surface area contributed by atoms with Crippen LogP contribution in [0.3, 0.4) is 0 Å². The Morgan fingerprint density at radius 1 is 0.351 bits per heavy atom. The number of halogens is 8. The van der Waals surface area contributed by atoms with Crippen molar-refractivity contribution in [2.75, 3.05) is 54.4 Å². The second kappa shape index (κ2) is 46.9. The maximum atomic E-state index is 11.8. The Morgan fingerprint density at radius 3 is 0.632 bits per heavy atom. The molecule has 10 heterocycles. The third kappa shape index (κ3) is 32.8. The molecule has 4 saturated heterocycles. The minimum atomic E-state index is -6.00. The number of fused-ring (bicyclic) bond motifs is 12. The summed E-state index contributed by atoms with van der Waals surface area (Å²) in [6, 6.07) is 20.5. The van der Waals surface area contributed by atoms with Gasteiger partial charge in [-0.1, -0.05) is 24.3 Å². The Morgan fingerprint density at radius 2 is 0.509 bits per heavy atom. The van der Waals surface area contributed by atoms with Crippen molar-refractivity contribution in [1.82, 2.24) is 59.5 Å². The Labute approximate surface area is 668 Å². The van der Waals surface area contributed by atoms with E-state index in [9.17, 15) is 93.3 Å². The van der Waals surface area contributed by atoms with Crippen LogP contribution >= 0.6 is 0 Å². The van der Waals surface area contributed by atoms with Gasteiger partial charge in [0, 0.05) is 93.9 Å². The minimum Gasteiger partial charge on any atom is -0.478 e. The zero-order chi connectivity index (χ0) is 82.8. The zero-order valence-electron chi connectivity index (χ0n) is 60.4. The summed E-state index contributed by atoms with van der Waals surface area (Å²) in [6.07, 6.45) is 17.3. The molecule has 4 aliphatic rings. The molecule has 0 radical (unpaired) electrons. The van der Waals surface area contributed by atoms with Crippen molar-refractivity contribution >= 4 is 152 Å². The summed E-state index contributed by atoms with van der Waals surface area (Å²) >= 11 is 0. The smallest absolute Gasteiger partial charge is 0.478 e. The Kier molecular flexibility index (Phi) is 39.3. The summed E-state index contributed by atoms with van der Waals surface area (Å²) in [5.74, 6) is -3.89. The second-order valence-corrected chi connectivity index (χ2v) is 22.5. The number of benzene rings is 4. The number of para-hydroxylation sites is 4. The van der Waals surface area contributed by atoms with Crippen LogP contribution in [-0.2, 0) is 63.9 Å². The van der Waals surface area contributed by atoms with Gasteiger partial charge >= 0.3 is 83.1 Å². The number of hydrogen-bond donors (Lipinski definition) is 4. The van der Waals surface area contributed by atoms with Crippen molar-refractivity contribution in [3.05, 3.63) is 145 Å². The van der Waals surface area contributed by atoms with Crippen LogP contribution in [0.15, 0.2) is 158 Å². The van der Waals surface area contributed by atoms with Gasteiger partial charge in [0.2, 0.25) is 69.3 Å². The molecule has 0 atom stereocenters. The molecule has 0 spiro atoms. The maximum Gasteiger partial charge on any atom is 1.00 e. The molecule has 0 unspecified atom stereocenters. The molecule has 4 aromatic carbocycles. The summed E-state index contributed by atoms with van der Waals surface area (Å²) in [4.78, 5) is 129. The summed E-state index contributed by atoms with van der Waals surface area (Å²) < 4.78 is 124. The van der Waals surface area contributed by atoms with Crippen LogP contribution in [0.25, 0.3) is 90.4 Å². The molecule has 8 bridgehead atoms. The number of aromatic nitrogens is 8. The summed E-state index contributed by atoms with van der Waals surface area (Å²) in [5, 5.41) is 53.1. The largest absolute Gasteiger partial charge is 1.00 e. The topological polar surface area (TPSA) is 486 Å². The summed E-state index contributed by atoms with van der Waals surface area (Å²) in [5.41, 5.74) is -2.11. The minimum absolute atomic E-state index is 0. The summed E-state index contributed by atoms with van der Waals surface area (Å²) in [7, 11) is -4.63. The Bertz CT molecular complexity index is 4800.